The minimum atomic E-state index is 0.986. The van der Waals surface area contributed by atoms with Crippen LogP contribution in [0.15, 0.2) is 279 Å². The van der Waals surface area contributed by atoms with E-state index >= 15 is 0 Å². The van der Waals surface area contributed by atoms with E-state index in [-0.39, 0.29) is 0 Å². The molecule has 0 bridgehead atoms. The number of hydrogen-bond donors (Lipinski definition) is 0. The number of para-hydroxylation sites is 6. The Morgan fingerprint density at radius 1 is 0.305 bits per heavy atom. The zero-order valence-electron chi connectivity index (χ0n) is 45.1. The number of aryl methyl sites for hydroxylation is 2. The molecular weight excluding hydrogens is 1040 g/mol. The van der Waals surface area contributed by atoms with Crippen LogP contribution >= 0.6 is 22.7 Å². The summed E-state index contributed by atoms with van der Waals surface area (Å²) < 4.78 is 7.20. The van der Waals surface area contributed by atoms with E-state index in [0.29, 0.717) is 0 Å². The van der Waals surface area contributed by atoms with Crippen LogP contribution in [0.1, 0.15) is 11.1 Å². The van der Waals surface area contributed by atoms with Gasteiger partial charge in [0.15, 0.2) is 0 Å². The summed E-state index contributed by atoms with van der Waals surface area (Å²) in [6.07, 6.45) is 0. The Morgan fingerprint density at radius 2 is 0.622 bits per heavy atom. The van der Waals surface area contributed by atoms with Gasteiger partial charge in [0.1, 0.15) is 10.0 Å². The fourth-order valence-electron chi connectivity index (χ4n) is 11.7. The molecule has 0 unspecified atom stereocenters. The lowest BCUT2D eigenvalue weighted by Crippen LogP contribution is -2.10. The summed E-state index contributed by atoms with van der Waals surface area (Å²) in [5.41, 5.74) is 21.9. The van der Waals surface area contributed by atoms with Gasteiger partial charge in [-0.3, -0.25) is 0 Å². The van der Waals surface area contributed by atoms with E-state index in [0.717, 1.165) is 131 Å². The number of aromatic nitrogens is 4. The maximum absolute atomic E-state index is 5.36. The van der Waals surface area contributed by atoms with Gasteiger partial charge in [-0.2, -0.15) is 0 Å². The number of nitrogens with zero attached hydrogens (tertiary/aromatic N) is 6. The third-order valence-corrected chi connectivity index (χ3v) is 17.6. The highest BCUT2D eigenvalue weighted by Gasteiger charge is 2.27. The Labute approximate surface area is 484 Å². The van der Waals surface area contributed by atoms with Crippen molar-refractivity contribution >= 4 is 99.0 Å². The Morgan fingerprint density at radius 3 is 1.00 bits per heavy atom. The SMILES string of the molecule is Cc1ccc(N(c2ccc(C)cc2)c2ccc(-c3c(-c4nc5ccccc5s4)c4ccccc4n3-c3ccc(-n4c(-c5ccc(N(c6ccccc6)c6ccccc6)cc5)c(-c5nc6ccccc6s5)c5ccccc54)cc3)cc2)cc1. The number of benzene rings is 11. The van der Waals surface area contributed by atoms with Crippen LogP contribution in [0.2, 0.25) is 0 Å². The smallest absolute Gasteiger partial charge is 0.127 e. The zero-order valence-corrected chi connectivity index (χ0v) is 46.7. The maximum atomic E-state index is 5.36. The fourth-order valence-corrected chi connectivity index (χ4v) is 13.7. The number of thiazole rings is 2. The molecule has 0 saturated carbocycles. The fraction of sp³-hybridized carbons (Fsp3) is 0.0270. The van der Waals surface area contributed by atoms with Crippen LogP contribution in [0.25, 0.3) is 97.3 Å². The van der Waals surface area contributed by atoms with E-state index in [2.05, 4.69) is 312 Å². The van der Waals surface area contributed by atoms with Crippen molar-refractivity contribution in [2.24, 2.45) is 0 Å². The van der Waals surface area contributed by atoms with Gasteiger partial charge < -0.3 is 18.9 Å². The second kappa shape index (κ2) is 20.5. The summed E-state index contributed by atoms with van der Waals surface area (Å²) in [7, 11) is 0. The van der Waals surface area contributed by atoms with E-state index in [1.54, 1.807) is 22.7 Å². The maximum Gasteiger partial charge on any atom is 0.127 e. The molecule has 0 N–H and O–H groups in total. The Balaban J connectivity index is 0.909. The Bertz CT molecular complexity index is 4640. The molecule has 0 spiro atoms. The highest BCUT2D eigenvalue weighted by Crippen LogP contribution is 2.49. The normalized spacial score (nSPS) is 11.5. The largest absolute Gasteiger partial charge is 0.311 e. The Hall–Kier alpha value is -10.1. The first-order valence-electron chi connectivity index (χ1n) is 27.6. The average Bonchev–Trinajstić information content (AvgIpc) is 3.83. The van der Waals surface area contributed by atoms with Crippen molar-refractivity contribution in [1.29, 1.82) is 0 Å². The summed E-state index contributed by atoms with van der Waals surface area (Å²) in [5, 5.41) is 4.26. The summed E-state index contributed by atoms with van der Waals surface area (Å²) in [4.78, 5) is 15.4. The van der Waals surface area contributed by atoms with Crippen LogP contribution in [0, 0.1) is 13.8 Å². The minimum absolute atomic E-state index is 0.986. The van der Waals surface area contributed by atoms with Gasteiger partial charge in [-0.05, 0) is 158 Å². The standard InChI is InChI=1S/C74H52N6S2/c1-49-29-37-55(38-30-49)78(56-39-31-50(2)32-40-56)58-43-35-52(36-44-58)72-70(74-76-64-24-12-16-28-68(64)82-74)62-22-10-14-26-66(62)80(72)60-47-45-59(46-48-60)79-65-25-13-9-21-61(65)69(73-75-63-23-11-15-27-67(63)81-73)71(79)51-33-41-57(42-34-51)77(53-17-5-3-6-18-53)54-19-7-4-8-20-54/h3-48H,1-2H3. The highest BCUT2D eigenvalue weighted by molar-refractivity contribution is 7.22. The molecule has 0 radical (unpaired) electrons. The van der Waals surface area contributed by atoms with Crippen molar-refractivity contribution in [3.63, 3.8) is 0 Å². The van der Waals surface area contributed by atoms with Crippen LogP contribution in [0.3, 0.4) is 0 Å². The first-order valence-corrected chi connectivity index (χ1v) is 29.3. The molecule has 15 rings (SSSR count). The van der Waals surface area contributed by atoms with E-state index in [9.17, 15) is 0 Å². The van der Waals surface area contributed by atoms with Crippen LogP contribution < -0.4 is 9.80 Å². The van der Waals surface area contributed by atoms with Gasteiger partial charge in [0.2, 0.25) is 0 Å². The first kappa shape index (κ1) is 49.0. The molecule has 0 aliphatic rings. The van der Waals surface area contributed by atoms with Gasteiger partial charge in [0.05, 0.1) is 42.9 Å². The van der Waals surface area contributed by atoms with Crippen LogP contribution in [-0.4, -0.2) is 19.1 Å². The molecule has 82 heavy (non-hydrogen) atoms. The van der Waals surface area contributed by atoms with Crippen molar-refractivity contribution in [2.75, 3.05) is 9.80 Å². The highest BCUT2D eigenvalue weighted by atomic mass is 32.1. The lowest BCUT2D eigenvalue weighted by molar-refractivity contribution is 1.10. The average molecular weight is 1090 g/mol. The van der Waals surface area contributed by atoms with Crippen molar-refractivity contribution in [2.45, 2.75) is 13.8 Å². The number of rotatable bonds is 12. The van der Waals surface area contributed by atoms with Crippen molar-refractivity contribution < 1.29 is 0 Å². The molecule has 0 fully saturated rings. The summed E-state index contributed by atoms with van der Waals surface area (Å²) >= 11 is 3.49. The molecule has 0 aliphatic heterocycles. The monoisotopic (exact) mass is 1090 g/mol. The molecule has 6 nitrogen and oxygen atoms in total. The Kier molecular flexibility index (Phi) is 12.3. The van der Waals surface area contributed by atoms with Gasteiger partial charge in [-0.15, -0.1) is 22.7 Å². The van der Waals surface area contributed by atoms with Crippen LogP contribution in [0.4, 0.5) is 34.1 Å². The molecule has 0 atom stereocenters. The summed E-state index contributed by atoms with van der Waals surface area (Å²) in [6, 6.07) is 101. The second-order valence-corrected chi connectivity index (χ2v) is 22.8. The predicted molar refractivity (Wildman–Crippen MR) is 347 cm³/mol. The molecule has 8 heteroatoms. The second-order valence-electron chi connectivity index (χ2n) is 20.7. The van der Waals surface area contributed by atoms with Crippen LogP contribution in [0.5, 0.6) is 0 Å². The predicted octanol–water partition coefficient (Wildman–Crippen LogP) is 21.0. The van der Waals surface area contributed by atoms with Gasteiger partial charge in [0.25, 0.3) is 0 Å². The van der Waals surface area contributed by atoms with Gasteiger partial charge in [0, 0.05) is 67.4 Å². The van der Waals surface area contributed by atoms with E-state index in [4.69, 9.17) is 9.97 Å². The topological polar surface area (TPSA) is 42.1 Å². The molecule has 4 heterocycles. The van der Waals surface area contributed by atoms with E-state index < -0.39 is 0 Å². The number of anilines is 6. The molecule has 0 aliphatic carbocycles. The van der Waals surface area contributed by atoms with Crippen LogP contribution in [-0.2, 0) is 0 Å². The summed E-state index contributed by atoms with van der Waals surface area (Å²) in [5.74, 6) is 0. The molecule has 15 aromatic rings. The number of hydrogen-bond acceptors (Lipinski definition) is 6. The van der Waals surface area contributed by atoms with Crippen molar-refractivity contribution in [3.8, 4) is 55.0 Å². The van der Waals surface area contributed by atoms with E-state index in [1.807, 2.05) is 0 Å². The van der Waals surface area contributed by atoms with Gasteiger partial charge in [-0.1, -0.05) is 157 Å². The minimum Gasteiger partial charge on any atom is -0.311 e. The first-order chi connectivity index (χ1) is 40.5. The molecule has 390 valence electrons. The summed E-state index contributed by atoms with van der Waals surface area (Å²) in [6.45, 7) is 4.27. The number of fused-ring (bicyclic) bond motifs is 4. The third-order valence-electron chi connectivity index (χ3n) is 15.5. The van der Waals surface area contributed by atoms with Crippen molar-refractivity contribution in [1.82, 2.24) is 19.1 Å². The molecular formula is C74H52N6S2. The lowest BCUT2D eigenvalue weighted by atomic mass is 10.0. The molecule has 0 amide bonds. The quantitative estimate of drug-likeness (QED) is 0.122. The molecule has 4 aromatic heterocycles. The lowest BCUT2D eigenvalue weighted by Gasteiger charge is -2.26. The molecule has 11 aromatic carbocycles. The van der Waals surface area contributed by atoms with E-state index in [1.165, 1.54) is 11.1 Å². The zero-order chi connectivity index (χ0) is 54.7. The van der Waals surface area contributed by atoms with Gasteiger partial charge in [-0.25, -0.2) is 9.97 Å². The van der Waals surface area contributed by atoms with Crippen molar-refractivity contribution in [3.05, 3.63) is 290 Å². The van der Waals surface area contributed by atoms with Gasteiger partial charge >= 0.3 is 0 Å². The molecule has 0 saturated heterocycles. The third kappa shape index (κ3) is 8.64.